The number of esters is 1. The number of furan rings is 1. The molecule has 0 spiro atoms. The highest BCUT2D eigenvalue weighted by atomic mass is 16.5. The number of nitrogens with one attached hydrogen (secondary N) is 2. The van der Waals surface area contributed by atoms with Crippen molar-refractivity contribution in [2.75, 3.05) is 19.0 Å². The number of benzene rings is 1. The van der Waals surface area contributed by atoms with E-state index in [1.165, 1.54) is 13.4 Å². The zero-order chi connectivity index (χ0) is 18.2. The zero-order valence-electron chi connectivity index (χ0n) is 14.1. The van der Waals surface area contributed by atoms with Crippen molar-refractivity contribution in [3.05, 3.63) is 53.5 Å². The minimum absolute atomic E-state index is 0.166. The Morgan fingerprint density at radius 2 is 2.00 bits per heavy atom. The van der Waals surface area contributed by atoms with Crippen molar-refractivity contribution >= 4 is 23.5 Å². The first kappa shape index (κ1) is 18.3. The number of methoxy groups -OCH3 is 1. The summed E-state index contributed by atoms with van der Waals surface area (Å²) in [4.78, 5) is 35.1. The third-order valence-corrected chi connectivity index (χ3v) is 3.53. The van der Waals surface area contributed by atoms with E-state index in [2.05, 4.69) is 15.4 Å². The van der Waals surface area contributed by atoms with Crippen LogP contribution in [0, 0.1) is 6.92 Å². The van der Waals surface area contributed by atoms with Crippen molar-refractivity contribution in [1.82, 2.24) is 5.32 Å². The van der Waals surface area contributed by atoms with E-state index >= 15 is 0 Å². The van der Waals surface area contributed by atoms with E-state index in [9.17, 15) is 14.4 Å². The van der Waals surface area contributed by atoms with Gasteiger partial charge in [0.15, 0.2) is 5.76 Å². The molecular formula is C18H20N2O5. The lowest BCUT2D eigenvalue weighted by atomic mass is 10.1. The molecule has 1 aromatic heterocycles. The van der Waals surface area contributed by atoms with Gasteiger partial charge in [-0.3, -0.25) is 9.59 Å². The van der Waals surface area contributed by atoms with Gasteiger partial charge in [0.1, 0.15) is 0 Å². The van der Waals surface area contributed by atoms with Crippen molar-refractivity contribution in [2.24, 2.45) is 0 Å². The summed E-state index contributed by atoms with van der Waals surface area (Å²) in [5.74, 6) is -0.653. The molecule has 0 aliphatic heterocycles. The van der Waals surface area contributed by atoms with Crippen LogP contribution in [0.4, 0.5) is 5.69 Å². The maximum atomic E-state index is 12.0. The van der Waals surface area contributed by atoms with Gasteiger partial charge in [-0.2, -0.15) is 0 Å². The molecule has 7 nitrogen and oxygen atoms in total. The second-order valence-electron chi connectivity index (χ2n) is 5.41. The Morgan fingerprint density at radius 3 is 2.64 bits per heavy atom. The summed E-state index contributed by atoms with van der Waals surface area (Å²) in [6.45, 7) is 2.17. The Balaban J connectivity index is 1.76. The third-order valence-electron chi connectivity index (χ3n) is 3.53. The van der Waals surface area contributed by atoms with Crippen LogP contribution in [0.5, 0.6) is 0 Å². The third kappa shape index (κ3) is 5.20. The van der Waals surface area contributed by atoms with E-state index in [-0.39, 0.29) is 24.0 Å². The van der Waals surface area contributed by atoms with Gasteiger partial charge < -0.3 is 19.8 Å². The highest BCUT2D eigenvalue weighted by Crippen LogP contribution is 2.17. The molecule has 2 rings (SSSR count). The van der Waals surface area contributed by atoms with Crippen molar-refractivity contribution in [3.8, 4) is 0 Å². The smallest absolute Gasteiger partial charge is 0.337 e. The molecule has 132 valence electrons. The van der Waals surface area contributed by atoms with Gasteiger partial charge in [-0.1, -0.05) is 0 Å². The van der Waals surface area contributed by atoms with Gasteiger partial charge in [0.05, 0.1) is 18.9 Å². The Hall–Kier alpha value is -3.09. The number of aryl methyl sites for hydroxylation is 1. The number of rotatable bonds is 7. The Kier molecular flexibility index (Phi) is 6.33. The van der Waals surface area contributed by atoms with E-state index in [4.69, 9.17) is 4.42 Å². The van der Waals surface area contributed by atoms with Gasteiger partial charge in [0.25, 0.3) is 5.91 Å². The summed E-state index contributed by atoms with van der Waals surface area (Å²) in [7, 11) is 1.32. The second-order valence-corrected chi connectivity index (χ2v) is 5.41. The van der Waals surface area contributed by atoms with Crippen LogP contribution < -0.4 is 10.6 Å². The average Bonchev–Trinajstić information content (AvgIpc) is 3.14. The number of hydrogen-bond acceptors (Lipinski definition) is 5. The fourth-order valence-corrected chi connectivity index (χ4v) is 2.21. The van der Waals surface area contributed by atoms with Crippen LogP contribution in [0.2, 0.25) is 0 Å². The minimum atomic E-state index is -0.423. The number of ether oxygens (including phenoxy) is 1. The molecular weight excluding hydrogens is 324 g/mol. The molecule has 1 heterocycles. The Bertz CT molecular complexity index is 753. The summed E-state index contributed by atoms with van der Waals surface area (Å²) in [6, 6.07) is 8.13. The fraction of sp³-hybridized carbons (Fsp3) is 0.278. The Labute approximate surface area is 145 Å². The first-order chi connectivity index (χ1) is 12.0. The fourth-order valence-electron chi connectivity index (χ4n) is 2.21. The molecule has 0 fully saturated rings. The maximum Gasteiger partial charge on any atom is 0.337 e. The molecule has 1 aromatic carbocycles. The number of anilines is 1. The molecule has 2 aromatic rings. The van der Waals surface area contributed by atoms with Crippen molar-refractivity contribution in [1.29, 1.82) is 0 Å². The summed E-state index contributed by atoms with van der Waals surface area (Å²) in [5, 5.41) is 5.47. The second kappa shape index (κ2) is 8.68. The van der Waals surface area contributed by atoms with Crippen LogP contribution in [0.15, 0.2) is 41.0 Å². The quantitative estimate of drug-likeness (QED) is 0.594. The lowest BCUT2D eigenvalue weighted by Gasteiger charge is -2.10. The molecule has 0 bridgehead atoms. The summed E-state index contributed by atoms with van der Waals surface area (Å²) >= 11 is 0. The highest BCUT2D eigenvalue weighted by molar-refractivity contribution is 5.94. The molecule has 0 radical (unpaired) electrons. The number of hydrogen-bond donors (Lipinski definition) is 2. The van der Waals surface area contributed by atoms with Crippen LogP contribution in [0.3, 0.4) is 0 Å². The van der Waals surface area contributed by atoms with Gasteiger partial charge in [-0.25, -0.2) is 4.79 Å². The summed E-state index contributed by atoms with van der Waals surface area (Å²) in [6.07, 6.45) is 2.18. The number of amides is 2. The van der Waals surface area contributed by atoms with Gasteiger partial charge in [0.2, 0.25) is 5.91 Å². The molecule has 0 saturated carbocycles. The topological polar surface area (TPSA) is 97.6 Å². The monoisotopic (exact) mass is 344 g/mol. The van der Waals surface area contributed by atoms with E-state index in [1.54, 1.807) is 37.3 Å². The molecule has 7 heteroatoms. The lowest BCUT2D eigenvalue weighted by Crippen LogP contribution is -2.25. The molecule has 0 unspecified atom stereocenters. The van der Waals surface area contributed by atoms with Gasteiger partial charge in [-0.15, -0.1) is 0 Å². The van der Waals surface area contributed by atoms with Gasteiger partial charge in [-0.05, 0) is 49.2 Å². The lowest BCUT2D eigenvalue weighted by molar-refractivity contribution is -0.116. The van der Waals surface area contributed by atoms with Crippen LogP contribution >= 0.6 is 0 Å². The number of carbonyl (C=O) groups is 3. The largest absolute Gasteiger partial charge is 0.465 e. The van der Waals surface area contributed by atoms with E-state index in [0.717, 1.165) is 5.56 Å². The van der Waals surface area contributed by atoms with Crippen molar-refractivity contribution in [3.63, 3.8) is 0 Å². The molecule has 2 N–H and O–H groups in total. The standard InChI is InChI=1S/C18H20N2O5/c1-12-11-13(18(23)24-2)7-8-14(12)20-16(21)6-3-9-19-17(22)15-5-4-10-25-15/h4-5,7-8,10-11H,3,6,9H2,1-2H3,(H,19,22)(H,20,21). The first-order valence-electron chi connectivity index (χ1n) is 7.82. The molecule has 0 aliphatic carbocycles. The summed E-state index contributed by atoms with van der Waals surface area (Å²) in [5.41, 5.74) is 1.83. The Morgan fingerprint density at radius 1 is 1.20 bits per heavy atom. The number of carbonyl (C=O) groups excluding carboxylic acids is 3. The average molecular weight is 344 g/mol. The van der Waals surface area contributed by atoms with Crippen LogP contribution in [0.25, 0.3) is 0 Å². The molecule has 0 atom stereocenters. The van der Waals surface area contributed by atoms with Crippen molar-refractivity contribution in [2.45, 2.75) is 19.8 Å². The van der Waals surface area contributed by atoms with Crippen molar-refractivity contribution < 1.29 is 23.5 Å². The normalized spacial score (nSPS) is 10.2. The predicted octanol–water partition coefficient (Wildman–Crippen LogP) is 2.52. The van der Waals surface area contributed by atoms with Gasteiger partial charge in [0, 0.05) is 18.7 Å². The summed E-state index contributed by atoms with van der Waals surface area (Å²) < 4.78 is 9.63. The highest BCUT2D eigenvalue weighted by Gasteiger charge is 2.10. The van der Waals surface area contributed by atoms with Gasteiger partial charge >= 0.3 is 5.97 Å². The molecule has 25 heavy (non-hydrogen) atoms. The SMILES string of the molecule is COC(=O)c1ccc(NC(=O)CCCNC(=O)c2ccco2)c(C)c1. The molecule has 0 aliphatic rings. The van der Waals surface area contributed by atoms with E-state index in [0.29, 0.717) is 24.2 Å². The van der Waals surface area contributed by atoms with Crippen LogP contribution in [-0.4, -0.2) is 31.4 Å². The van der Waals surface area contributed by atoms with Crippen LogP contribution in [0.1, 0.15) is 39.3 Å². The first-order valence-corrected chi connectivity index (χ1v) is 7.82. The van der Waals surface area contributed by atoms with E-state index < -0.39 is 5.97 Å². The van der Waals surface area contributed by atoms with Crippen LogP contribution in [-0.2, 0) is 9.53 Å². The molecule has 0 saturated heterocycles. The predicted molar refractivity (Wildman–Crippen MR) is 91.4 cm³/mol. The minimum Gasteiger partial charge on any atom is -0.465 e. The van der Waals surface area contributed by atoms with E-state index in [1.807, 2.05) is 0 Å². The molecule has 2 amide bonds. The maximum absolute atomic E-state index is 12.0. The zero-order valence-corrected chi connectivity index (χ0v) is 14.1.